The smallest absolute Gasteiger partial charge is 0.253 e. The van der Waals surface area contributed by atoms with Crippen molar-refractivity contribution in [1.82, 2.24) is 20.1 Å². The Morgan fingerprint density at radius 2 is 1.56 bits per heavy atom. The lowest BCUT2D eigenvalue weighted by Crippen LogP contribution is -2.54. The summed E-state index contributed by atoms with van der Waals surface area (Å²) < 4.78 is 52.8. The molecule has 12 heteroatoms. The highest BCUT2D eigenvalue weighted by Gasteiger charge is 2.28. The zero-order valence-corrected chi connectivity index (χ0v) is 26.2. The van der Waals surface area contributed by atoms with Gasteiger partial charge in [0.1, 0.15) is 11.6 Å². The Balaban J connectivity index is 2.44. The van der Waals surface area contributed by atoms with Crippen LogP contribution in [0.5, 0.6) is 0 Å². The third kappa shape index (κ3) is 10.7. The maximum absolute atomic E-state index is 14.0. The van der Waals surface area contributed by atoms with Crippen molar-refractivity contribution in [2.45, 2.75) is 71.3 Å². The number of carbonyl (C=O) groups is 2. The lowest BCUT2D eigenvalue weighted by atomic mass is 9.99. The van der Waals surface area contributed by atoms with Crippen LogP contribution in [-0.4, -0.2) is 78.8 Å². The third-order valence-electron chi connectivity index (χ3n) is 6.71. The van der Waals surface area contributed by atoms with E-state index in [-0.39, 0.29) is 42.1 Å². The van der Waals surface area contributed by atoms with Gasteiger partial charge in [-0.3, -0.25) is 9.59 Å². The van der Waals surface area contributed by atoms with Gasteiger partial charge in [-0.25, -0.2) is 22.2 Å². The van der Waals surface area contributed by atoms with Gasteiger partial charge in [-0.2, -0.15) is 0 Å². The quantitative estimate of drug-likeness (QED) is 0.195. The van der Waals surface area contributed by atoms with Crippen molar-refractivity contribution >= 4 is 21.8 Å². The molecule has 0 aliphatic rings. The molecule has 9 nitrogen and oxygen atoms in total. The number of nitrogens with one attached hydrogen (secondary N) is 2. The fourth-order valence-electron chi connectivity index (χ4n) is 4.39. The van der Waals surface area contributed by atoms with E-state index in [9.17, 15) is 31.9 Å². The number of carbonyl (C=O) groups excluding carboxylic acids is 2. The zero-order valence-electron chi connectivity index (χ0n) is 25.4. The summed E-state index contributed by atoms with van der Waals surface area (Å²) in [5, 5.41) is 14.4. The highest BCUT2D eigenvalue weighted by atomic mass is 32.2. The second-order valence-electron chi connectivity index (χ2n) is 10.6. The molecule has 2 aromatic carbocycles. The number of sulfonamides is 1. The minimum Gasteiger partial charge on any atom is -0.390 e. The van der Waals surface area contributed by atoms with Gasteiger partial charge in [0.15, 0.2) is 0 Å². The third-order valence-corrected chi connectivity index (χ3v) is 8.46. The molecule has 3 N–H and O–H groups in total. The van der Waals surface area contributed by atoms with Crippen LogP contribution < -0.4 is 10.1 Å². The first kappa shape index (κ1) is 35.8. The number of terminal acetylenes is 1. The molecule has 0 spiro atoms. The molecule has 0 aliphatic carbocycles. The molecule has 0 fully saturated rings. The molecule has 0 bridgehead atoms. The molecule has 2 unspecified atom stereocenters. The number of hydrogen-bond acceptors (Lipinski definition) is 6. The van der Waals surface area contributed by atoms with Gasteiger partial charge >= 0.3 is 0 Å². The minimum atomic E-state index is -3.73. The van der Waals surface area contributed by atoms with Crippen molar-refractivity contribution in [3.63, 3.8) is 0 Å². The summed E-state index contributed by atoms with van der Waals surface area (Å²) in [5.41, 5.74) is 0.749. The number of aliphatic hydroxyl groups is 1. The first-order valence-corrected chi connectivity index (χ1v) is 15.9. The van der Waals surface area contributed by atoms with E-state index in [1.165, 1.54) is 37.1 Å². The van der Waals surface area contributed by atoms with Crippen LogP contribution in [0.1, 0.15) is 79.3 Å². The molecule has 43 heavy (non-hydrogen) atoms. The summed E-state index contributed by atoms with van der Waals surface area (Å²) in [5.74, 6) is -0.168. The normalized spacial score (nSPS) is 13.0. The van der Waals surface area contributed by atoms with Crippen LogP contribution in [0.25, 0.3) is 0 Å². The fourth-order valence-corrected chi connectivity index (χ4v) is 5.16. The first-order valence-electron chi connectivity index (χ1n) is 14.4. The molecular formula is C31H42F2N4O5S. The molecule has 2 rings (SSSR count). The average molecular weight is 621 g/mol. The number of rotatable bonds is 16. The molecule has 0 aliphatic heterocycles. The number of nitrogens with zero attached hydrogens (tertiary/aromatic N) is 2. The standard InChI is InChI=1S/C31H42F2N4O5S/c1-7-11-36(12-8-2)31(40)25-14-22(9-3)13-24(18-25)30(39)34-28(17-23-15-26(32)19-27(33)16-23)29(38)20-37(10-4)35-43(41,42)21(5)6/h3,13-16,18-19,21,28-29,35,38H,7-8,10-12,17,20H2,1-2,4-6H3,(H,34,39). The second kappa shape index (κ2) is 16.5. The molecule has 0 aromatic heterocycles. The van der Waals surface area contributed by atoms with Gasteiger partial charge in [0.05, 0.1) is 17.4 Å². The number of hydrogen-bond donors (Lipinski definition) is 3. The van der Waals surface area contributed by atoms with Crippen LogP contribution in [0.3, 0.4) is 0 Å². The Bertz CT molecular complexity index is 1390. The lowest BCUT2D eigenvalue weighted by molar-refractivity contribution is 0.0634. The van der Waals surface area contributed by atoms with Crippen LogP contribution in [-0.2, 0) is 16.4 Å². The van der Waals surface area contributed by atoms with Crippen LogP contribution in [0.4, 0.5) is 8.78 Å². The number of likely N-dealkylation sites (N-methyl/N-ethyl adjacent to an activating group) is 1. The molecule has 0 radical (unpaired) electrons. The summed E-state index contributed by atoms with van der Waals surface area (Å²) in [6.07, 6.45) is 5.55. The lowest BCUT2D eigenvalue weighted by Gasteiger charge is -2.30. The van der Waals surface area contributed by atoms with E-state index in [0.717, 1.165) is 25.0 Å². The molecule has 2 amide bonds. The minimum absolute atomic E-state index is 0.0576. The van der Waals surface area contributed by atoms with Crippen molar-refractivity contribution in [2.75, 3.05) is 26.2 Å². The molecule has 0 saturated heterocycles. The SMILES string of the molecule is C#Cc1cc(C(=O)NC(Cc2cc(F)cc(F)c2)C(O)CN(CC)NS(=O)(=O)C(C)C)cc(C(=O)N(CCC)CCC)c1. The number of halogens is 2. The van der Waals surface area contributed by atoms with E-state index in [2.05, 4.69) is 16.1 Å². The predicted molar refractivity (Wildman–Crippen MR) is 163 cm³/mol. The fraction of sp³-hybridized carbons (Fsp3) is 0.484. The first-order chi connectivity index (χ1) is 20.2. The van der Waals surface area contributed by atoms with Gasteiger partial charge in [-0.15, -0.1) is 11.3 Å². The van der Waals surface area contributed by atoms with Gasteiger partial charge < -0.3 is 15.3 Å². The molecule has 2 atom stereocenters. The molecule has 0 saturated carbocycles. The Kier molecular flexibility index (Phi) is 13.7. The van der Waals surface area contributed by atoms with Crippen LogP contribution in [0.15, 0.2) is 36.4 Å². The van der Waals surface area contributed by atoms with E-state index in [4.69, 9.17) is 6.42 Å². The Hall–Kier alpha value is -3.37. The highest BCUT2D eigenvalue weighted by Crippen LogP contribution is 2.16. The van der Waals surface area contributed by atoms with Crippen molar-refractivity contribution in [1.29, 1.82) is 0 Å². The highest BCUT2D eigenvalue weighted by molar-refractivity contribution is 7.90. The number of aliphatic hydroxyl groups excluding tert-OH is 1. The summed E-state index contributed by atoms with van der Waals surface area (Å²) in [4.78, 5) is 30.9. The van der Waals surface area contributed by atoms with Gasteiger partial charge in [-0.1, -0.05) is 26.7 Å². The van der Waals surface area contributed by atoms with Crippen molar-refractivity contribution in [3.05, 3.63) is 70.3 Å². The van der Waals surface area contributed by atoms with E-state index in [1.807, 2.05) is 13.8 Å². The van der Waals surface area contributed by atoms with Gasteiger partial charge in [-0.05, 0) is 69.0 Å². The van der Waals surface area contributed by atoms with Gasteiger partial charge in [0.25, 0.3) is 11.8 Å². The van der Waals surface area contributed by atoms with Crippen LogP contribution >= 0.6 is 0 Å². The number of hydrazine groups is 1. The van der Waals surface area contributed by atoms with Crippen LogP contribution in [0.2, 0.25) is 0 Å². The Labute approximate surface area is 253 Å². The van der Waals surface area contributed by atoms with E-state index >= 15 is 0 Å². The Morgan fingerprint density at radius 1 is 0.977 bits per heavy atom. The molecule has 0 heterocycles. The van der Waals surface area contributed by atoms with Crippen molar-refractivity contribution in [3.8, 4) is 12.3 Å². The molecular weight excluding hydrogens is 578 g/mol. The summed E-state index contributed by atoms with van der Waals surface area (Å²) in [7, 11) is -3.73. The van der Waals surface area contributed by atoms with E-state index < -0.39 is 45.0 Å². The summed E-state index contributed by atoms with van der Waals surface area (Å²) >= 11 is 0. The average Bonchev–Trinajstić information content (AvgIpc) is 2.94. The maximum atomic E-state index is 14.0. The maximum Gasteiger partial charge on any atom is 0.253 e. The van der Waals surface area contributed by atoms with Crippen molar-refractivity contribution < 1.29 is 31.9 Å². The van der Waals surface area contributed by atoms with Gasteiger partial charge in [0.2, 0.25) is 10.0 Å². The summed E-state index contributed by atoms with van der Waals surface area (Å²) in [6, 6.07) is 6.13. The number of benzene rings is 2. The molecule has 236 valence electrons. The largest absolute Gasteiger partial charge is 0.390 e. The van der Waals surface area contributed by atoms with Crippen molar-refractivity contribution in [2.24, 2.45) is 0 Å². The summed E-state index contributed by atoms with van der Waals surface area (Å²) in [6.45, 7) is 9.58. The zero-order chi connectivity index (χ0) is 32.3. The Morgan fingerprint density at radius 3 is 2.07 bits per heavy atom. The van der Waals surface area contributed by atoms with E-state index in [1.54, 1.807) is 11.8 Å². The molecule has 2 aromatic rings. The number of amides is 2. The second-order valence-corrected chi connectivity index (χ2v) is 12.8. The monoisotopic (exact) mass is 620 g/mol. The van der Waals surface area contributed by atoms with E-state index in [0.29, 0.717) is 24.7 Å². The predicted octanol–water partition coefficient (Wildman–Crippen LogP) is 3.48. The van der Waals surface area contributed by atoms with Gasteiger partial charge in [0, 0.05) is 48.9 Å². The van der Waals surface area contributed by atoms with Crippen LogP contribution in [0, 0.1) is 24.0 Å². The topological polar surface area (TPSA) is 119 Å².